The van der Waals surface area contributed by atoms with Crippen LogP contribution in [0, 0.1) is 10.1 Å². The Morgan fingerprint density at radius 3 is 2.65 bits per heavy atom. The zero-order valence-electron chi connectivity index (χ0n) is 11.8. The highest BCUT2D eigenvalue weighted by atomic mass is 16.6. The Labute approximate surface area is 116 Å². The average molecular weight is 283 g/mol. The van der Waals surface area contributed by atoms with Crippen molar-refractivity contribution in [3.05, 3.63) is 22.4 Å². The van der Waals surface area contributed by atoms with Gasteiger partial charge >= 0.3 is 11.8 Å². The summed E-state index contributed by atoms with van der Waals surface area (Å²) in [5, 5.41) is 13.3. The summed E-state index contributed by atoms with van der Waals surface area (Å²) >= 11 is 0. The van der Waals surface area contributed by atoms with Gasteiger partial charge in [-0.1, -0.05) is 0 Å². The molecule has 0 fully saturated rings. The first kappa shape index (κ1) is 15.7. The molecule has 0 saturated carbocycles. The molecule has 0 aliphatic carbocycles. The van der Waals surface area contributed by atoms with Crippen molar-refractivity contribution < 1.29 is 19.2 Å². The van der Waals surface area contributed by atoms with Crippen LogP contribution < -0.4 is 10.1 Å². The molecule has 0 saturated heterocycles. The van der Waals surface area contributed by atoms with Gasteiger partial charge in [0.1, 0.15) is 5.60 Å². The van der Waals surface area contributed by atoms with Crippen LogP contribution in [0.25, 0.3) is 0 Å². The molecule has 0 atom stereocenters. The molecule has 1 amide bonds. The van der Waals surface area contributed by atoms with Crippen LogP contribution in [0.4, 0.5) is 16.3 Å². The number of hydrogen-bond donors (Lipinski definition) is 1. The van der Waals surface area contributed by atoms with Crippen molar-refractivity contribution in [3.8, 4) is 5.75 Å². The second-order valence-electron chi connectivity index (χ2n) is 4.82. The Kier molecular flexibility index (Phi) is 4.84. The lowest BCUT2D eigenvalue weighted by atomic mass is 10.2. The third-order valence-electron chi connectivity index (χ3n) is 1.99. The first-order valence-electron chi connectivity index (χ1n) is 6.00. The van der Waals surface area contributed by atoms with Crippen molar-refractivity contribution in [1.29, 1.82) is 0 Å². The van der Waals surface area contributed by atoms with Gasteiger partial charge < -0.3 is 9.47 Å². The van der Waals surface area contributed by atoms with Crippen LogP contribution in [0.1, 0.15) is 27.7 Å². The van der Waals surface area contributed by atoms with Gasteiger partial charge in [-0.05, 0) is 27.7 Å². The lowest BCUT2D eigenvalue weighted by Crippen LogP contribution is -2.27. The van der Waals surface area contributed by atoms with E-state index in [4.69, 9.17) is 9.47 Å². The van der Waals surface area contributed by atoms with Crippen LogP contribution in [0.3, 0.4) is 0 Å². The highest BCUT2D eigenvalue weighted by Gasteiger charge is 2.25. The third kappa shape index (κ3) is 4.38. The first-order chi connectivity index (χ1) is 9.24. The molecule has 1 aromatic heterocycles. The Hall–Kier alpha value is -2.38. The van der Waals surface area contributed by atoms with Gasteiger partial charge in [0.25, 0.3) is 0 Å². The number of carbonyl (C=O) groups excluding carboxylic acids is 1. The molecule has 1 N–H and O–H groups in total. The molecule has 8 nitrogen and oxygen atoms in total. The van der Waals surface area contributed by atoms with Crippen LogP contribution in [0.2, 0.25) is 0 Å². The molecule has 20 heavy (non-hydrogen) atoms. The summed E-state index contributed by atoms with van der Waals surface area (Å²) < 4.78 is 10.2. The third-order valence-corrected chi connectivity index (χ3v) is 1.99. The van der Waals surface area contributed by atoms with Gasteiger partial charge in [0.15, 0.2) is 0 Å². The molecule has 0 bridgehead atoms. The maximum atomic E-state index is 11.6. The number of carbonyl (C=O) groups is 1. The zero-order valence-corrected chi connectivity index (χ0v) is 11.8. The van der Waals surface area contributed by atoms with E-state index in [1.165, 1.54) is 12.3 Å². The number of anilines is 1. The minimum absolute atomic E-state index is 0.0403. The lowest BCUT2D eigenvalue weighted by Gasteiger charge is -2.19. The van der Waals surface area contributed by atoms with Gasteiger partial charge in [0.05, 0.1) is 11.5 Å². The van der Waals surface area contributed by atoms with Crippen molar-refractivity contribution in [3.63, 3.8) is 0 Å². The SMILES string of the molecule is CCOc1ccnc(NC(=O)OC(C)(C)C)c1[N+](=O)[O-]. The Morgan fingerprint density at radius 1 is 1.50 bits per heavy atom. The fraction of sp³-hybridized carbons (Fsp3) is 0.500. The quantitative estimate of drug-likeness (QED) is 0.673. The highest BCUT2D eigenvalue weighted by molar-refractivity contribution is 5.87. The predicted molar refractivity (Wildman–Crippen MR) is 71.9 cm³/mol. The molecule has 110 valence electrons. The van der Waals surface area contributed by atoms with Crippen LogP contribution >= 0.6 is 0 Å². The maximum Gasteiger partial charge on any atom is 0.413 e. The molecule has 1 heterocycles. The fourth-order valence-corrected chi connectivity index (χ4v) is 1.38. The smallest absolute Gasteiger partial charge is 0.413 e. The molecule has 1 aromatic rings. The number of rotatable bonds is 4. The van der Waals surface area contributed by atoms with Crippen LogP contribution in [0.5, 0.6) is 5.75 Å². The van der Waals surface area contributed by atoms with Crippen LogP contribution in [-0.4, -0.2) is 28.2 Å². The van der Waals surface area contributed by atoms with Crippen LogP contribution in [-0.2, 0) is 4.74 Å². The number of nitro groups is 1. The van der Waals surface area contributed by atoms with E-state index in [1.807, 2.05) is 0 Å². The minimum atomic E-state index is -0.818. The lowest BCUT2D eigenvalue weighted by molar-refractivity contribution is -0.385. The van der Waals surface area contributed by atoms with Crippen molar-refractivity contribution in [2.45, 2.75) is 33.3 Å². The number of nitrogens with zero attached hydrogens (tertiary/aromatic N) is 2. The summed E-state index contributed by atoms with van der Waals surface area (Å²) in [5.74, 6) is -0.172. The molecular formula is C12H17N3O5. The van der Waals surface area contributed by atoms with E-state index >= 15 is 0 Å². The number of amides is 1. The topological polar surface area (TPSA) is 104 Å². The van der Waals surface area contributed by atoms with Gasteiger partial charge in [-0.15, -0.1) is 0 Å². The van der Waals surface area contributed by atoms with Gasteiger partial charge in [-0.2, -0.15) is 0 Å². The molecule has 1 rings (SSSR count). The second kappa shape index (κ2) is 6.18. The summed E-state index contributed by atoms with van der Waals surface area (Å²) in [7, 11) is 0. The highest BCUT2D eigenvalue weighted by Crippen LogP contribution is 2.33. The average Bonchev–Trinajstić information content (AvgIpc) is 2.26. The summed E-state index contributed by atoms with van der Waals surface area (Å²) in [5.41, 5.74) is -1.11. The fourth-order valence-electron chi connectivity index (χ4n) is 1.38. The minimum Gasteiger partial charge on any atom is -0.487 e. The first-order valence-corrected chi connectivity index (χ1v) is 6.00. The maximum absolute atomic E-state index is 11.6. The molecule has 0 aliphatic rings. The van der Waals surface area contributed by atoms with E-state index in [0.29, 0.717) is 0 Å². The van der Waals surface area contributed by atoms with Crippen molar-refractivity contribution in [1.82, 2.24) is 4.98 Å². The summed E-state index contributed by atoms with van der Waals surface area (Å²) in [6.45, 7) is 7.02. The van der Waals surface area contributed by atoms with E-state index in [-0.39, 0.29) is 18.2 Å². The molecule has 0 aromatic carbocycles. The van der Waals surface area contributed by atoms with Crippen LogP contribution in [0.15, 0.2) is 12.3 Å². The van der Waals surface area contributed by atoms with E-state index < -0.39 is 22.3 Å². The summed E-state index contributed by atoms with van der Waals surface area (Å²) in [6.07, 6.45) is 0.492. The van der Waals surface area contributed by atoms with Gasteiger partial charge in [0, 0.05) is 12.3 Å². The standard InChI is InChI=1S/C12H17N3O5/c1-5-19-8-6-7-13-10(9(8)15(17)18)14-11(16)20-12(2,3)4/h6-7H,5H2,1-4H3,(H,13,14,16). The van der Waals surface area contributed by atoms with Gasteiger partial charge in [-0.25, -0.2) is 9.78 Å². The second-order valence-corrected chi connectivity index (χ2v) is 4.82. The molecule has 0 spiro atoms. The molecule has 8 heteroatoms. The van der Waals surface area contributed by atoms with Crippen molar-refractivity contribution >= 4 is 17.6 Å². The van der Waals surface area contributed by atoms with Gasteiger partial charge in [0.2, 0.25) is 11.6 Å². The largest absolute Gasteiger partial charge is 0.487 e. The summed E-state index contributed by atoms with van der Waals surface area (Å²) in [4.78, 5) is 25.8. The monoisotopic (exact) mass is 283 g/mol. The van der Waals surface area contributed by atoms with Crippen molar-refractivity contribution in [2.75, 3.05) is 11.9 Å². The molecular weight excluding hydrogens is 266 g/mol. The Morgan fingerprint density at radius 2 is 2.15 bits per heavy atom. The van der Waals surface area contributed by atoms with Crippen molar-refractivity contribution in [2.24, 2.45) is 0 Å². The number of hydrogen-bond acceptors (Lipinski definition) is 6. The number of ether oxygens (including phenoxy) is 2. The molecule has 0 unspecified atom stereocenters. The Bertz CT molecular complexity index is 510. The van der Waals surface area contributed by atoms with Gasteiger partial charge in [-0.3, -0.25) is 15.4 Å². The zero-order chi connectivity index (χ0) is 15.3. The number of nitrogens with one attached hydrogen (secondary N) is 1. The van der Waals surface area contributed by atoms with E-state index in [9.17, 15) is 14.9 Å². The summed E-state index contributed by atoms with van der Waals surface area (Å²) in [6, 6.07) is 1.36. The van der Waals surface area contributed by atoms with E-state index in [0.717, 1.165) is 0 Å². The number of pyridine rings is 1. The van der Waals surface area contributed by atoms with E-state index in [1.54, 1.807) is 27.7 Å². The molecule has 0 radical (unpaired) electrons. The molecule has 0 aliphatic heterocycles. The predicted octanol–water partition coefficient (Wildman–Crippen LogP) is 2.74. The van der Waals surface area contributed by atoms with E-state index in [2.05, 4.69) is 10.3 Å². The number of aromatic nitrogens is 1. The normalized spacial score (nSPS) is 10.8. The Balaban J connectivity index is 3.03.